The molecule has 0 aromatic carbocycles. The first-order valence-corrected chi connectivity index (χ1v) is 6.85. The highest BCUT2D eigenvalue weighted by Gasteiger charge is 2.26. The van der Waals surface area contributed by atoms with Gasteiger partial charge in [0.2, 0.25) is 0 Å². The molecule has 1 aliphatic heterocycles. The first-order valence-electron chi connectivity index (χ1n) is 6.85. The van der Waals surface area contributed by atoms with Gasteiger partial charge in [-0.1, -0.05) is 12.8 Å². The van der Waals surface area contributed by atoms with Gasteiger partial charge >= 0.3 is 0 Å². The van der Waals surface area contributed by atoms with E-state index in [1.54, 1.807) is 0 Å². The van der Waals surface area contributed by atoms with E-state index >= 15 is 0 Å². The molecule has 1 aromatic heterocycles. The predicted molar refractivity (Wildman–Crippen MR) is 70.5 cm³/mol. The first-order chi connectivity index (χ1) is 8.77. The van der Waals surface area contributed by atoms with Crippen LogP contribution in [0.15, 0.2) is 18.3 Å². The van der Waals surface area contributed by atoms with Crippen LogP contribution < -0.4 is 0 Å². The second-order valence-electron chi connectivity index (χ2n) is 4.86. The maximum atomic E-state index is 12.6. The molecule has 1 N–H and O–H groups in total. The Morgan fingerprint density at radius 3 is 3.00 bits per heavy atom. The lowest BCUT2D eigenvalue weighted by Gasteiger charge is -2.29. The lowest BCUT2D eigenvalue weighted by molar-refractivity contribution is 0.0589. The lowest BCUT2D eigenvalue weighted by atomic mass is 10.1. The molecule has 1 saturated heterocycles. The van der Waals surface area contributed by atoms with Gasteiger partial charge in [-0.2, -0.15) is 0 Å². The summed E-state index contributed by atoms with van der Waals surface area (Å²) < 4.78 is 1.96. The minimum absolute atomic E-state index is 0.0137. The van der Waals surface area contributed by atoms with Gasteiger partial charge in [-0.3, -0.25) is 4.79 Å². The number of nitrogens with zero attached hydrogens (tertiary/aromatic N) is 2. The summed E-state index contributed by atoms with van der Waals surface area (Å²) in [5.41, 5.74) is 0.734. The molecule has 1 fully saturated rings. The number of aromatic nitrogens is 1. The van der Waals surface area contributed by atoms with Crippen LogP contribution in [-0.4, -0.2) is 39.7 Å². The number of carbonyl (C=O) groups is 1. The van der Waals surface area contributed by atoms with E-state index in [-0.39, 0.29) is 18.6 Å². The van der Waals surface area contributed by atoms with E-state index in [1.807, 2.05) is 34.7 Å². The third-order valence-corrected chi connectivity index (χ3v) is 3.74. The Morgan fingerprint density at radius 2 is 2.28 bits per heavy atom. The Kier molecular flexibility index (Phi) is 4.42. The van der Waals surface area contributed by atoms with E-state index < -0.39 is 0 Å². The summed E-state index contributed by atoms with van der Waals surface area (Å²) in [6.45, 7) is 3.66. The average molecular weight is 250 g/mol. The number of likely N-dealkylation sites (tertiary alicyclic amines) is 1. The van der Waals surface area contributed by atoms with Gasteiger partial charge < -0.3 is 14.6 Å². The molecule has 1 aromatic rings. The number of hydrogen-bond acceptors (Lipinski definition) is 2. The van der Waals surface area contributed by atoms with Crippen molar-refractivity contribution in [2.75, 3.05) is 13.2 Å². The van der Waals surface area contributed by atoms with Gasteiger partial charge in [0.25, 0.3) is 5.91 Å². The van der Waals surface area contributed by atoms with E-state index in [0.29, 0.717) is 0 Å². The van der Waals surface area contributed by atoms with Crippen LogP contribution in [0.2, 0.25) is 0 Å². The van der Waals surface area contributed by atoms with Crippen LogP contribution in [-0.2, 0) is 6.54 Å². The van der Waals surface area contributed by atoms with Gasteiger partial charge in [0.1, 0.15) is 5.69 Å². The molecule has 1 atom stereocenters. The fourth-order valence-corrected chi connectivity index (χ4v) is 2.67. The summed E-state index contributed by atoms with van der Waals surface area (Å²) in [4.78, 5) is 14.4. The van der Waals surface area contributed by atoms with Crippen molar-refractivity contribution in [1.29, 1.82) is 0 Å². The van der Waals surface area contributed by atoms with Gasteiger partial charge in [-0.05, 0) is 31.9 Å². The fraction of sp³-hybridized carbons (Fsp3) is 0.643. The van der Waals surface area contributed by atoms with Gasteiger partial charge in [0.05, 0.1) is 12.6 Å². The van der Waals surface area contributed by atoms with E-state index in [2.05, 4.69) is 0 Å². The molecule has 0 spiro atoms. The zero-order chi connectivity index (χ0) is 13.0. The van der Waals surface area contributed by atoms with Crippen molar-refractivity contribution in [2.24, 2.45) is 0 Å². The Bertz CT molecular complexity index is 400. The predicted octanol–water partition coefficient (Wildman–Crippen LogP) is 1.89. The van der Waals surface area contributed by atoms with Crippen LogP contribution in [0.3, 0.4) is 0 Å². The summed E-state index contributed by atoms with van der Waals surface area (Å²) in [6, 6.07) is 3.76. The average Bonchev–Trinajstić information content (AvgIpc) is 2.74. The molecule has 2 rings (SSSR count). The second-order valence-corrected chi connectivity index (χ2v) is 4.86. The third-order valence-electron chi connectivity index (χ3n) is 3.74. The van der Waals surface area contributed by atoms with E-state index in [1.165, 1.54) is 0 Å². The van der Waals surface area contributed by atoms with Crippen molar-refractivity contribution in [2.45, 2.75) is 45.2 Å². The monoisotopic (exact) mass is 250 g/mol. The highest BCUT2D eigenvalue weighted by atomic mass is 16.3. The molecule has 2 heterocycles. The van der Waals surface area contributed by atoms with Crippen LogP contribution in [0, 0.1) is 0 Å². The van der Waals surface area contributed by atoms with Crippen molar-refractivity contribution in [3.63, 3.8) is 0 Å². The molecule has 0 aliphatic carbocycles. The van der Waals surface area contributed by atoms with Crippen LogP contribution in [0.25, 0.3) is 0 Å². The molecule has 4 nitrogen and oxygen atoms in total. The third kappa shape index (κ3) is 2.58. The Morgan fingerprint density at radius 1 is 1.44 bits per heavy atom. The fourth-order valence-electron chi connectivity index (χ4n) is 2.67. The molecule has 1 amide bonds. The lowest BCUT2D eigenvalue weighted by Crippen LogP contribution is -2.42. The molecular formula is C14H22N2O2. The number of hydrogen-bond donors (Lipinski definition) is 1. The molecule has 18 heavy (non-hydrogen) atoms. The zero-order valence-corrected chi connectivity index (χ0v) is 11.0. The molecule has 1 unspecified atom stereocenters. The smallest absolute Gasteiger partial charge is 0.270 e. The van der Waals surface area contributed by atoms with E-state index in [9.17, 15) is 9.90 Å². The van der Waals surface area contributed by atoms with Crippen molar-refractivity contribution >= 4 is 5.91 Å². The van der Waals surface area contributed by atoms with Gasteiger partial charge in [0.15, 0.2) is 0 Å². The first kappa shape index (κ1) is 13.1. The van der Waals surface area contributed by atoms with Gasteiger partial charge in [-0.15, -0.1) is 0 Å². The quantitative estimate of drug-likeness (QED) is 0.890. The van der Waals surface area contributed by atoms with Gasteiger partial charge in [-0.25, -0.2) is 0 Å². The summed E-state index contributed by atoms with van der Waals surface area (Å²) in [5, 5.41) is 9.46. The zero-order valence-electron chi connectivity index (χ0n) is 11.0. The SMILES string of the molecule is CCn1cccc1C(=O)N1CCCCCC1CO. The van der Waals surface area contributed by atoms with Crippen LogP contribution in [0.4, 0.5) is 0 Å². The number of rotatable bonds is 3. The Hall–Kier alpha value is -1.29. The largest absolute Gasteiger partial charge is 0.394 e. The highest BCUT2D eigenvalue weighted by molar-refractivity contribution is 5.93. The van der Waals surface area contributed by atoms with Crippen LogP contribution >= 0.6 is 0 Å². The second kappa shape index (κ2) is 6.05. The minimum Gasteiger partial charge on any atom is -0.394 e. The van der Waals surface area contributed by atoms with Crippen LogP contribution in [0.1, 0.15) is 43.1 Å². The van der Waals surface area contributed by atoms with E-state index in [4.69, 9.17) is 0 Å². The topological polar surface area (TPSA) is 45.5 Å². The van der Waals surface area contributed by atoms with Crippen molar-refractivity contribution in [3.05, 3.63) is 24.0 Å². The standard InChI is InChI=1S/C14H22N2O2/c1-2-15-9-6-8-13(15)14(18)16-10-5-3-4-7-12(16)11-17/h6,8-9,12,17H,2-5,7,10-11H2,1H3. The summed E-state index contributed by atoms with van der Waals surface area (Å²) in [5.74, 6) is 0.0581. The number of carbonyl (C=O) groups excluding carboxylic acids is 1. The molecule has 1 aliphatic rings. The van der Waals surface area contributed by atoms with E-state index in [0.717, 1.165) is 44.5 Å². The summed E-state index contributed by atoms with van der Waals surface area (Å²) in [7, 11) is 0. The maximum absolute atomic E-state index is 12.6. The number of aliphatic hydroxyl groups is 1. The molecule has 0 radical (unpaired) electrons. The molecule has 0 saturated carbocycles. The normalized spacial score (nSPS) is 20.8. The van der Waals surface area contributed by atoms with Crippen LogP contribution in [0.5, 0.6) is 0 Å². The van der Waals surface area contributed by atoms with Gasteiger partial charge in [0, 0.05) is 19.3 Å². The maximum Gasteiger partial charge on any atom is 0.270 e. The van der Waals surface area contributed by atoms with Crippen molar-refractivity contribution in [1.82, 2.24) is 9.47 Å². The summed E-state index contributed by atoms with van der Waals surface area (Å²) >= 11 is 0. The molecule has 0 bridgehead atoms. The number of aliphatic hydroxyl groups excluding tert-OH is 1. The Balaban J connectivity index is 2.20. The minimum atomic E-state index is -0.0137. The highest BCUT2D eigenvalue weighted by Crippen LogP contribution is 2.19. The number of aryl methyl sites for hydroxylation is 1. The van der Waals surface area contributed by atoms with Crippen molar-refractivity contribution in [3.8, 4) is 0 Å². The molecule has 4 heteroatoms. The molecule has 100 valence electrons. The number of amides is 1. The Labute approximate surface area is 108 Å². The summed E-state index contributed by atoms with van der Waals surface area (Å²) in [6.07, 6.45) is 6.13. The van der Waals surface area contributed by atoms with Crippen molar-refractivity contribution < 1.29 is 9.90 Å². The molecular weight excluding hydrogens is 228 g/mol.